The van der Waals surface area contributed by atoms with E-state index in [1.54, 1.807) is 10.6 Å². The Kier molecular flexibility index (Phi) is 5.43. The highest BCUT2D eigenvalue weighted by Gasteiger charge is 2.16. The molecule has 4 aromatic rings. The number of aromatic nitrogens is 3. The van der Waals surface area contributed by atoms with Gasteiger partial charge in [0.25, 0.3) is 0 Å². The van der Waals surface area contributed by atoms with Crippen LogP contribution in [-0.2, 0) is 11.8 Å². The fourth-order valence-corrected chi connectivity index (χ4v) is 3.80. The topological polar surface area (TPSA) is 73.0 Å². The second-order valence-electron chi connectivity index (χ2n) is 6.00. The summed E-state index contributed by atoms with van der Waals surface area (Å²) in [5, 5.41) is 13.4. The van der Waals surface area contributed by atoms with Crippen LogP contribution in [0.4, 0.5) is 5.69 Å². The lowest BCUT2D eigenvalue weighted by Crippen LogP contribution is -2.14. The van der Waals surface area contributed by atoms with Crippen LogP contribution in [0.2, 0.25) is 5.02 Å². The molecule has 0 aliphatic heterocycles. The van der Waals surface area contributed by atoms with Crippen molar-refractivity contribution in [2.45, 2.75) is 5.16 Å². The van der Waals surface area contributed by atoms with Gasteiger partial charge in [-0.25, -0.2) is 0 Å². The molecule has 1 N–H and O–H groups in total. The zero-order valence-corrected chi connectivity index (χ0v) is 17.8. The van der Waals surface area contributed by atoms with E-state index < -0.39 is 0 Å². The molecule has 9 heteroatoms. The lowest BCUT2D eigenvalue weighted by molar-refractivity contribution is -0.113. The first-order chi connectivity index (χ1) is 13.5. The second-order valence-corrected chi connectivity index (χ2v) is 8.30. The number of furan rings is 1. The summed E-state index contributed by atoms with van der Waals surface area (Å²) in [6.07, 6.45) is 0. The van der Waals surface area contributed by atoms with Gasteiger partial charge in [0.05, 0.1) is 5.75 Å². The van der Waals surface area contributed by atoms with E-state index in [9.17, 15) is 4.79 Å². The average Bonchev–Trinajstić information content (AvgIpc) is 3.24. The van der Waals surface area contributed by atoms with E-state index >= 15 is 0 Å². The number of carbonyl (C=O) groups is 1. The Labute approximate surface area is 178 Å². The number of hydrogen-bond donors (Lipinski definition) is 1. The molecule has 0 unspecified atom stereocenters. The predicted molar refractivity (Wildman–Crippen MR) is 115 cm³/mol. The summed E-state index contributed by atoms with van der Waals surface area (Å²) in [4.78, 5) is 12.2. The molecule has 1 amide bonds. The first kappa shape index (κ1) is 19.0. The summed E-state index contributed by atoms with van der Waals surface area (Å²) in [6.45, 7) is 0. The number of thioether (sulfide) groups is 1. The number of hydrogen-bond acceptors (Lipinski definition) is 5. The number of carbonyl (C=O) groups excluding carboxylic acids is 1. The minimum atomic E-state index is -0.116. The van der Waals surface area contributed by atoms with Gasteiger partial charge in [0.15, 0.2) is 16.7 Å². The summed E-state index contributed by atoms with van der Waals surface area (Å²) in [6, 6.07) is 14.7. The second kappa shape index (κ2) is 7.98. The maximum absolute atomic E-state index is 12.2. The largest absolute Gasteiger partial charge is 0.453 e. The maximum Gasteiger partial charge on any atom is 0.234 e. The Hall–Kier alpha value is -2.29. The van der Waals surface area contributed by atoms with Gasteiger partial charge >= 0.3 is 0 Å². The summed E-state index contributed by atoms with van der Waals surface area (Å²) in [5.74, 6) is 1.29. The fourth-order valence-electron chi connectivity index (χ4n) is 2.64. The van der Waals surface area contributed by atoms with Gasteiger partial charge in [0.1, 0.15) is 5.58 Å². The van der Waals surface area contributed by atoms with Crippen LogP contribution in [-0.4, -0.2) is 26.4 Å². The Bertz CT molecular complexity index is 1160. The standard InChI is InChI=1S/C19H14BrClN4O2S/c1-25-18(16-9-11-8-13(21)4-7-15(11)27-16)23-24-19(25)28-10-17(26)22-14-5-2-12(20)3-6-14/h2-9H,10H2,1H3,(H,22,26). The van der Waals surface area contributed by atoms with Gasteiger partial charge < -0.3 is 14.3 Å². The third-order valence-corrected chi connectivity index (χ3v) is 5.78. The van der Waals surface area contributed by atoms with Gasteiger partial charge in [-0.05, 0) is 48.5 Å². The molecule has 2 aromatic heterocycles. The van der Waals surface area contributed by atoms with E-state index in [1.165, 1.54) is 11.8 Å². The Morgan fingerprint density at radius 1 is 1.21 bits per heavy atom. The molecule has 0 saturated carbocycles. The number of anilines is 1. The van der Waals surface area contributed by atoms with E-state index in [2.05, 4.69) is 31.4 Å². The number of benzene rings is 2. The van der Waals surface area contributed by atoms with E-state index in [1.807, 2.05) is 49.5 Å². The zero-order chi connectivity index (χ0) is 19.7. The summed E-state index contributed by atoms with van der Waals surface area (Å²) in [7, 11) is 1.84. The molecule has 4 rings (SSSR count). The lowest BCUT2D eigenvalue weighted by Gasteiger charge is -2.05. The number of halogens is 2. The molecule has 0 saturated heterocycles. The van der Waals surface area contributed by atoms with E-state index in [-0.39, 0.29) is 11.7 Å². The minimum Gasteiger partial charge on any atom is -0.453 e. The number of rotatable bonds is 5. The van der Waals surface area contributed by atoms with Gasteiger partial charge in [-0.1, -0.05) is 39.3 Å². The Morgan fingerprint density at radius 3 is 2.79 bits per heavy atom. The third kappa shape index (κ3) is 4.09. The number of nitrogens with one attached hydrogen (secondary N) is 1. The van der Waals surface area contributed by atoms with Crippen LogP contribution in [0.15, 0.2) is 62.6 Å². The molecule has 0 radical (unpaired) electrons. The van der Waals surface area contributed by atoms with Crippen molar-refractivity contribution in [1.29, 1.82) is 0 Å². The maximum atomic E-state index is 12.2. The quantitative estimate of drug-likeness (QED) is 0.391. The molecule has 6 nitrogen and oxygen atoms in total. The highest BCUT2D eigenvalue weighted by atomic mass is 79.9. The van der Waals surface area contributed by atoms with Crippen molar-refractivity contribution in [1.82, 2.24) is 14.8 Å². The van der Waals surface area contributed by atoms with Crippen molar-refractivity contribution in [3.63, 3.8) is 0 Å². The van der Waals surface area contributed by atoms with Crippen molar-refractivity contribution < 1.29 is 9.21 Å². The van der Waals surface area contributed by atoms with Gasteiger partial charge in [-0.3, -0.25) is 4.79 Å². The first-order valence-corrected chi connectivity index (χ1v) is 10.4. The molecule has 2 aromatic carbocycles. The van der Waals surface area contributed by atoms with Crippen LogP contribution in [0.25, 0.3) is 22.6 Å². The Morgan fingerprint density at radius 2 is 2.00 bits per heavy atom. The van der Waals surface area contributed by atoms with E-state index in [0.29, 0.717) is 21.8 Å². The molecule has 28 heavy (non-hydrogen) atoms. The summed E-state index contributed by atoms with van der Waals surface area (Å²) < 4.78 is 8.60. The van der Waals surface area contributed by atoms with Crippen LogP contribution in [0.1, 0.15) is 0 Å². The molecular weight excluding hydrogens is 464 g/mol. The molecule has 0 bridgehead atoms. The molecule has 0 atom stereocenters. The zero-order valence-electron chi connectivity index (χ0n) is 14.6. The van der Waals surface area contributed by atoms with Gasteiger partial charge in [-0.2, -0.15) is 0 Å². The van der Waals surface area contributed by atoms with Crippen LogP contribution in [0.5, 0.6) is 0 Å². The SMILES string of the molecule is Cn1c(SCC(=O)Nc2ccc(Br)cc2)nnc1-c1cc2cc(Cl)ccc2o1. The van der Waals surface area contributed by atoms with Crippen molar-refractivity contribution >= 4 is 61.9 Å². The average molecular weight is 478 g/mol. The molecular formula is C19H14BrClN4O2S. The van der Waals surface area contributed by atoms with E-state index in [4.69, 9.17) is 16.0 Å². The van der Waals surface area contributed by atoms with Crippen molar-refractivity contribution in [2.24, 2.45) is 7.05 Å². The highest BCUT2D eigenvalue weighted by molar-refractivity contribution is 9.10. The van der Waals surface area contributed by atoms with Gasteiger partial charge in [-0.15, -0.1) is 10.2 Å². The smallest absolute Gasteiger partial charge is 0.234 e. The summed E-state index contributed by atoms with van der Waals surface area (Å²) >= 11 is 10.7. The van der Waals surface area contributed by atoms with Crippen molar-refractivity contribution in [3.05, 3.63) is 58.0 Å². The molecule has 0 aliphatic carbocycles. The number of nitrogens with zero attached hydrogens (tertiary/aromatic N) is 3. The molecule has 0 spiro atoms. The summed E-state index contributed by atoms with van der Waals surface area (Å²) in [5.41, 5.74) is 1.47. The van der Waals surface area contributed by atoms with Crippen LogP contribution in [0.3, 0.4) is 0 Å². The van der Waals surface area contributed by atoms with Crippen molar-refractivity contribution in [3.8, 4) is 11.6 Å². The molecule has 2 heterocycles. The molecule has 0 fully saturated rings. The monoisotopic (exact) mass is 476 g/mol. The molecule has 142 valence electrons. The number of fused-ring (bicyclic) bond motifs is 1. The predicted octanol–water partition coefficient (Wildman–Crippen LogP) is 5.38. The van der Waals surface area contributed by atoms with Gasteiger partial charge in [0, 0.05) is 27.6 Å². The molecule has 0 aliphatic rings. The van der Waals surface area contributed by atoms with Crippen molar-refractivity contribution in [2.75, 3.05) is 11.1 Å². The normalized spacial score (nSPS) is 11.1. The van der Waals surface area contributed by atoms with Crippen LogP contribution in [0, 0.1) is 0 Å². The van der Waals surface area contributed by atoms with E-state index in [0.717, 1.165) is 21.1 Å². The Balaban J connectivity index is 1.45. The third-order valence-electron chi connectivity index (χ3n) is 3.99. The van der Waals surface area contributed by atoms with Gasteiger partial charge in [0.2, 0.25) is 5.91 Å². The minimum absolute atomic E-state index is 0.116. The fraction of sp³-hybridized carbons (Fsp3) is 0.105. The first-order valence-electron chi connectivity index (χ1n) is 8.27. The van der Waals surface area contributed by atoms with Crippen LogP contribution < -0.4 is 5.32 Å². The number of amides is 1. The van der Waals surface area contributed by atoms with Crippen LogP contribution >= 0.6 is 39.3 Å². The highest BCUT2D eigenvalue weighted by Crippen LogP contribution is 2.30. The lowest BCUT2D eigenvalue weighted by atomic mass is 10.2.